The Morgan fingerprint density at radius 1 is 1.59 bits per heavy atom. The molecule has 0 fully saturated rings. The third kappa shape index (κ3) is 1.94. The van der Waals surface area contributed by atoms with Crippen molar-refractivity contribution in [3.8, 4) is 0 Å². The maximum atomic E-state index is 11.6. The van der Waals surface area contributed by atoms with E-state index < -0.39 is 5.97 Å². The van der Waals surface area contributed by atoms with E-state index in [0.717, 1.165) is 0 Å². The van der Waals surface area contributed by atoms with E-state index in [1.165, 1.54) is 12.4 Å². The number of rotatable bonds is 2. The second-order valence-electron chi connectivity index (χ2n) is 3.24. The van der Waals surface area contributed by atoms with E-state index in [1.807, 2.05) is 0 Å². The molecule has 0 aromatic carbocycles. The zero-order valence-electron chi connectivity index (χ0n) is 9.06. The van der Waals surface area contributed by atoms with E-state index >= 15 is 0 Å². The minimum atomic E-state index is -0.563. The fourth-order valence-corrected chi connectivity index (χ4v) is 1.42. The van der Waals surface area contributed by atoms with Crippen LogP contribution in [0.3, 0.4) is 0 Å². The monoisotopic (exact) mass is 234 g/mol. The molecular formula is C10H10N4O3. The van der Waals surface area contributed by atoms with E-state index in [2.05, 4.69) is 15.0 Å². The Labute approximate surface area is 95.6 Å². The molecule has 17 heavy (non-hydrogen) atoms. The van der Waals surface area contributed by atoms with Crippen molar-refractivity contribution in [1.29, 1.82) is 0 Å². The van der Waals surface area contributed by atoms with Gasteiger partial charge in [0.05, 0.1) is 17.5 Å². The second-order valence-corrected chi connectivity index (χ2v) is 3.24. The van der Waals surface area contributed by atoms with Crippen molar-refractivity contribution in [2.75, 3.05) is 12.3 Å². The summed E-state index contributed by atoms with van der Waals surface area (Å²) >= 11 is 0. The molecule has 88 valence electrons. The van der Waals surface area contributed by atoms with Gasteiger partial charge >= 0.3 is 5.97 Å². The number of nitrogen functional groups attached to an aromatic ring is 1. The van der Waals surface area contributed by atoms with Gasteiger partial charge in [0, 0.05) is 12.4 Å². The number of nitrogens with zero attached hydrogens (tertiary/aromatic N) is 2. The summed E-state index contributed by atoms with van der Waals surface area (Å²) in [6, 6.07) is 0. The number of nitrogens with one attached hydrogen (secondary N) is 1. The second kappa shape index (κ2) is 4.20. The van der Waals surface area contributed by atoms with Crippen LogP contribution in [-0.4, -0.2) is 27.5 Å². The first kappa shape index (κ1) is 11.1. The van der Waals surface area contributed by atoms with Gasteiger partial charge in [-0.1, -0.05) is 0 Å². The third-order valence-corrected chi connectivity index (χ3v) is 2.15. The minimum Gasteiger partial charge on any atom is -0.462 e. The van der Waals surface area contributed by atoms with Crippen molar-refractivity contribution < 1.29 is 9.53 Å². The van der Waals surface area contributed by atoms with Crippen LogP contribution in [0.1, 0.15) is 17.3 Å². The zero-order chi connectivity index (χ0) is 12.4. The standard InChI is InChI=1S/C10H10N4O3/c1-2-17-9(16)6-4-12-8(15)5-3-13-10(11)14-7(5)6/h3-4H,2H2,1H3,(H,12,15)(H2,11,13,14). The van der Waals surface area contributed by atoms with E-state index in [-0.39, 0.29) is 34.6 Å². The molecule has 0 saturated heterocycles. The van der Waals surface area contributed by atoms with Gasteiger partial charge in [0.15, 0.2) is 0 Å². The Bertz CT molecular complexity index is 635. The molecule has 0 amide bonds. The van der Waals surface area contributed by atoms with Crippen LogP contribution in [0.25, 0.3) is 10.9 Å². The number of carbonyl (C=O) groups excluding carboxylic acids is 1. The molecule has 0 atom stereocenters. The smallest absolute Gasteiger partial charge is 0.341 e. The van der Waals surface area contributed by atoms with Gasteiger partial charge in [-0.3, -0.25) is 4.79 Å². The van der Waals surface area contributed by atoms with Crippen LogP contribution in [0, 0.1) is 0 Å². The number of fused-ring (bicyclic) bond motifs is 1. The highest BCUT2D eigenvalue weighted by molar-refractivity contribution is 6.01. The SMILES string of the molecule is CCOC(=O)c1c[nH]c(=O)c2cnc(N)nc12. The lowest BCUT2D eigenvalue weighted by Gasteiger charge is -2.04. The summed E-state index contributed by atoms with van der Waals surface area (Å²) in [6.07, 6.45) is 2.54. The molecule has 2 heterocycles. The van der Waals surface area contributed by atoms with Crippen molar-refractivity contribution in [2.45, 2.75) is 6.92 Å². The Balaban J connectivity index is 2.72. The highest BCUT2D eigenvalue weighted by Crippen LogP contribution is 2.13. The molecule has 0 radical (unpaired) electrons. The van der Waals surface area contributed by atoms with E-state index in [1.54, 1.807) is 6.92 Å². The molecule has 0 aliphatic heterocycles. The molecule has 2 rings (SSSR count). The molecule has 0 spiro atoms. The number of aromatic amines is 1. The number of H-pyrrole nitrogens is 1. The highest BCUT2D eigenvalue weighted by Gasteiger charge is 2.14. The van der Waals surface area contributed by atoms with Crippen molar-refractivity contribution in [3.63, 3.8) is 0 Å². The van der Waals surface area contributed by atoms with Crippen molar-refractivity contribution in [2.24, 2.45) is 0 Å². The molecule has 3 N–H and O–H groups in total. The maximum Gasteiger partial charge on any atom is 0.341 e. The Morgan fingerprint density at radius 2 is 2.35 bits per heavy atom. The maximum absolute atomic E-state index is 11.6. The molecule has 0 saturated carbocycles. The lowest BCUT2D eigenvalue weighted by atomic mass is 10.2. The quantitative estimate of drug-likeness (QED) is 0.711. The van der Waals surface area contributed by atoms with E-state index in [4.69, 9.17) is 10.5 Å². The number of hydrogen-bond acceptors (Lipinski definition) is 6. The van der Waals surface area contributed by atoms with Crippen molar-refractivity contribution in [3.05, 3.63) is 28.3 Å². The predicted octanol–water partition coefficient (Wildman–Crippen LogP) is 0.0770. The van der Waals surface area contributed by atoms with Gasteiger partial charge in [-0.2, -0.15) is 0 Å². The van der Waals surface area contributed by atoms with Crippen LogP contribution in [-0.2, 0) is 4.74 Å². The summed E-state index contributed by atoms with van der Waals surface area (Å²) in [6.45, 7) is 1.93. The van der Waals surface area contributed by atoms with Crippen molar-refractivity contribution >= 4 is 22.8 Å². The molecule has 0 aliphatic carbocycles. The van der Waals surface area contributed by atoms with Crippen LogP contribution >= 0.6 is 0 Å². The Hall–Kier alpha value is -2.44. The lowest BCUT2D eigenvalue weighted by Crippen LogP contribution is -2.14. The number of hydrogen-bond donors (Lipinski definition) is 2. The van der Waals surface area contributed by atoms with Crippen LogP contribution in [0.5, 0.6) is 0 Å². The first-order valence-corrected chi connectivity index (χ1v) is 4.94. The Kier molecular flexibility index (Phi) is 2.73. The molecule has 0 aliphatic rings. The molecular weight excluding hydrogens is 224 g/mol. The first-order valence-electron chi connectivity index (χ1n) is 4.94. The summed E-state index contributed by atoms with van der Waals surface area (Å²) < 4.78 is 4.85. The number of carbonyl (C=O) groups is 1. The Morgan fingerprint density at radius 3 is 3.06 bits per heavy atom. The van der Waals surface area contributed by atoms with Gasteiger partial charge < -0.3 is 15.5 Å². The van der Waals surface area contributed by atoms with Gasteiger partial charge in [0.25, 0.3) is 5.56 Å². The first-order chi connectivity index (χ1) is 8.13. The van der Waals surface area contributed by atoms with E-state index in [9.17, 15) is 9.59 Å². The predicted molar refractivity (Wildman–Crippen MR) is 60.5 cm³/mol. The summed E-state index contributed by atoms with van der Waals surface area (Å²) in [7, 11) is 0. The number of aromatic nitrogens is 3. The van der Waals surface area contributed by atoms with Crippen LogP contribution in [0.15, 0.2) is 17.2 Å². The molecule has 2 aromatic heterocycles. The number of nitrogens with two attached hydrogens (primary N) is 1. The average Bonchev–Trinajstić information content (AvgIpc) is 2.29. The zero-order valence-corrected chi connectivity index (χ0v) is 9.06. The summed E-state index contributed by atoms with van der Waals surface area (Å²) in [5.74, 6) is -0.569. The average molecular weight is 234 g/mol. The fraction of sp³-hybridized carbons (Fsp3) is 0.200. The van der Waals surface area contributed by atoms with Crippen LogP contribution in [0.2, 0.25) is 0 Å². The van der Waals surface area contributed by atoms with Gasteiger partial charge in [-0.05, 0) is 6.92 Å². The summed E-state index contributed by atoms with van der Waals surface area (Å²) in [5, 5.41) is 0.199. The molecule has 7 heteroatoms. The van der Waals surface area contributed by atoms with Gasteiger partial charge in [-0.15, -0.1) is 0 Å². The molecule has 7 nitrogen and oxygen atoms in total. The largest absolute Gasteiger partial charge is 0.462 e. The topological polar surface area (TPSA) is 111 Å². The van der Waals surface area contributed by atoms with Gasteiger partial charge in [0.1, 0.15) is 5.56 Å². The molecule has 2 aromatic rings. The number of ether oxygens (including phenoxy) is 1. The normalized spacial score (nSPS) is 10.4. The van der Waals surface area contributed by atoms with Crippen molar-refractivity contribution in [1.82, 2.24) is 15.0 Å². The summed E-state index contributed by atoms with van der Waals surface area (Å²) in [5.41, 5.74) is 5.41. The van der Waals surface area contributed by atoms with Gasteiger partial charge in [0.2, 0.25) is 5.95 Å². The minimum absolute atomic E-state index is 0.00588. The van der Waals surface area contributed by atoms with Crippen LogP contribution in [0.4, 0.5) is 5.95 Å². The summed E-state index contributed by atoms with van der Waals surface area (Å²) in [4.78, 5) is 33.1. The van der Waals surface area contributed by atoms with E-state index in [0.29, 0.717) is 0 Å². The van der Waals surface area contributed by atoms with Crippen LogP contribution < -0.4 is 11.3 Å². The number of pyridine rings is 1. The lowest BCUT2D eigenvalue weighted by molar-refractivity contribution is 0.0528. The third-order valence-electron chi connectivity index (χ3n) is 2.15. The highest BCUT2D eigenvalue weighted by atomic mass is 16.5. The number of esters is 1. The van der Waals surface area contributed by atoms with Gasteiger partial charge in [-0.25, -0.2) is 14.8 Å². The number of anilines is 1. The fourth-order valence-electron chi connectivity index (χ4n) is 1.42. The molecule has 0 bridgehead atoms. The molecule has 0 unspecified atom stereocenters.